The Morgan fingerprint density at radius 1 is 1.23 bits per heavy atom. The second-order valence-electron chi connectivity index (χ2n) is 7.21. The number of rotatable bonds is 6. The summed E-state index contributed by atoms with van der Waals surface area (Å²) in [6.07, 6.45) is 5.24. The van der Waals surface area contributed by atoms with E-state index in [1.807, 2.05) is 6.07 Å². The first-order valence-corrected chi connectivity index (χ1v) is 10.5. The second-order valence-corrected chi connectivity index (χ2v) is 8.22. The van der Waals surface area contributed by atoms with Crippen LogP contribution in [0.2, 0.25) is 0 Å². The van der Waals surface area contributed by atoms with E-state index in [1.165, 1.54) is 6.07 Å². The van der Waals surface area contributed by atoms with E-state index in [4.69, 9.17) is 0 Å². The molecule has 2 aromatic rings. The van der Waals surface area contributed by atoms with Crippen molar-refractivity contribution in [2.45, 2.75) is 19.4 Å². The van der Waals surface area contributed by atoms with Crippen LogP contribution in [0, 0.1) is 11.9 Å². The number of carbonyl (C=O) groups is 2. The van der Waals surface area contributed by atoms with E-state index in [0.29, 0.717) is 29.0 Å². The van der Waals surface area contributed by atoms with Gasteiger partial charge in [0.25, 0.3) is 11.1 Å². The molecule has 2 fully saturated rings. The Labute approximate surface area is 177 Å². The maximum absolute atomic E-state index is 13.2. The number of anilines is 1. The summed E-state index contributed by atoms with van der Waals surface area (Å²) >= 11 is 0.863. The summed E-state index contributed by atoms with van der Waals surface area (Å²) in [5.41, 5.74) is 1.32. The highest BCUT2D eigenvalue weighted by Gasteiger charge is 2.25. The van der Waals surface area contributed by atoms with Gasteiger partial charge in [-0.1, -0.05) is 6.07 Å². The van der Waals surface area contributed by atoms with Crippen LogP contribution in [0.25, 0.3) is 6.08 Å². The van der Waals surface area contributed by atoms with Crippen LogP contribution in [0.5, 0.6) is 0 Å². The fourth-order valence-corrected chi connectivity index (χ4v) is 4.11. The molecule has 2 aromatic heterocycles. The molecule has 2 amide bonds. The van der Waals surface area contributed by atoms with Gasteiger partial charge >= 0.3 is 0 Å². The van der Waals surface area contributed by atoms with E-state index in [2.05, 4.69) is 30.5 Å². The highest BCUT2D eigenvalue weighted by molar-refractivity contribution is 8.18. The molecule has 0 aliphatic carbocycles. The zero-order valence-electron chi connectivity index (χ0n) is 16.2. The Kier molecular flexibility index (Phi) is 6.34. The molecule has 0 radical (unpaired) electrons. The van der Waals surface area contributed by atoms with Crippen molar-refractivity contribution in [3.05, 3.63) is 52.7 Å². The number of amides is 2. The van der Waals surface area contributed by atoms with E-state index in [9.17, 15) is 14.0 Å². The van der Waals surface area contributed by atoms with Crippen LogP contribution in [-0.4, -0.2) is 50.6 Å². The monoisotopic (exact) mass is 428 g/mol. The summed E-state index contributed by atoms with van der Waals surface area (Å²) in [5, 5.41) is 5.11. The van der Waals surface area contributed by atoms with Crippen LogP contribution < -0.4 is 10.6 Å². The number of nitrogens with zero attached hydrogens (tertiary/aromatic N) is 4. The maximum Gasteiger partial charge on any atom is 0.290 e. The van der Waals surface area contributed by atoms with Crippen molar-refractivity contribution in [2.75, 3.05) is 25.0 Å². The van der Waals surface area contributed by atoms with Gasteiger partial charge in [0, 0.05) is 19.3 Å². The third-order valence-electron chi connectivity index (χ3n) is 5.01. The number of nitrogens with one attached hydrogen (secondary N) is 2. The lowest BCUT2D eigenvalue weighted by Gasteiger charge is -2.31. The molecule has 0 spiro atoms. The minimum Gasteiger partial charge on any atom is -0.354 e. The molecule has 30 heavy (non-hydrogen) atoms. The van der Waals surface area contributed by atoms with Crippen molar-refractivity contribution in [3.8, 4) is 0 Å². The molecule has 0 saturated carbocycles. The van der Waals surface area contributed by atoms with Gasteiger partial charge in [-0.05, 0) is 67.9 Å². The molecule has 2 aliphatic heterocycles. The van der Waals surface area contributed by atoms with E-state index in [0.717, 1.165) is 49.9 Å². The van der Waals surface area contributed by atoms with Gasteiger partial charge in [0.1, 0.15) is 0 Å². The van der Waals surface area contributed by atoms with Crippen molar-refractivity contribution in [2.24, 2.45) is 5.92 Å². The molecule has 2 aliphatic rings. The first-order chi connectivity index (χ1) is 14.5. The minimum atomic E-state index is -0.441. The van der Waals surface area contributed by atoms with Crippen LogP contribution >= 0.6 is 11.8 Å². The molecule has 8 nitrogen and oxygen atoms in total. The molecule has 4 rings (SSSR count). The van der Waals surface area contributed by atoms with Gasteiger partial charge in [0.05, 0.1) is 16.3 Å². The molecular formula is C20H21FN6O2S. The van der Waals surface area contributed by atoms with Crippen molar-refractivity contribution < 1.29 is 14.0 Å². The highest BCUT2D eigenvalue weighted by Crippen LogP contribution is 2.25. The average Bonchev–Trinajstić information content (AvgIpc) is 3.04. The number of aromatic nitrogens is 3. The van der Waals surface area contributed by atoms with Crippen LogP contribution in [0.15, 0.2) is 35.4 Å². The highest BCUT2D eigenvalue weighted by atomic mass is 32.2. The normalized spacial score (nSPS) is 19.3. The molecular weight excluding hydrogens is 407 g/mol. The van der Waals surface area contributed by atoms with Gasteiger partial charge in [0.15, 0.2) is 0 Å². The molecule has 0 unspecified atom stereocenters. The smallest absolute Gasteiger partial charge is 0.290 e. The molecule has 0 aromatic carbocycles. The molecule has 0 atom stereocenters. The summed E-state index contributed by atoms with van der Waals surface area (Å²) in [5.74, 6) is 0.133. The zero-order valence-corrected chi connectivity index (χ0v) is 17.0. The number of thioether (sulfide) groups is 1. The lowest BCUT2D eigenvalue weighted by atomic mass is 9.97. The Morgan fingerprint density at radius 3 is 2.80 bits per heavy atom. The van der Waals surface area contributed by atoms with Gasteiger partial charge in [0.2, 0.25) is 11.9 Å². The number of likely N-dealkylation sites (tertiary alicyclic amines) is 1. The molecule has 2 N–H and O–H groups in total. The van der Waals surface area contributed by atoms with E-state index >= 15 is 0 Å². The summed E-state index contributed by atoms with van der Waals surface area (Å²) in [6, 6.07) is 6.58. The molecule has 4 heterocycles. The standard InChI is InChI=1S/C20H21FN6O2S/c21-17-3-1-2-15(24-17)12-27-8-5-13(6-9-27)11-23-19-22-7-4-14(25-19)10-16-18(28)26-20(29)30-16/h1-4,7,10,13H,5-6,8-9,11-12H2,(H,22,23,25)(H,26,28,29). The third kappa shape index (κ3) is 5.39. The first-order valence-electron chi connectivity index (χ1n) is 9.71. The fourth-order valence-electron chi connectivity index (χ4n) is 3.45. The molecule has 0 bridgehead atoms. The lowest BCUT2D eigenvalue weighted by Crippen LogP contribution is -2.35. The average molecular weight is 428 g/mol. The fraction of sp³-hybridized carbons (Fsp3) is 0.350. The molecule has 2 saturated heterocycles. The predicted molar refractivity (Wildman–Crippen MR) is 112 cm³/mol. The van der Waals surface area contributed by atoms with Gasteiger partial charge in [-0.15, -0.1) is 0 Å². The number of imide groups is 1. The Morgan fingerprint density at radius 2 is 2.07 bits per heavy atom. The van der Waals surface area contributed by atoms with E-state index in [-0.39, 0.29) is 5.24 Å². The summed E-state index contributed by atoms with van der Waals surface area (Å²) in [4.78, 5) is 38.1. The predicted octanol–water partition coefficient (Wildman–Crippen LogP) is 2.66. The zero-order chi connectivity index (χ0) is 20.9. The van der Waals surface area contributed by atoms with Crippen LogP contribution in [-0.2, 0) is 11.3 Å². The van der Waals surface area contributed by atoms with Crippen LogP contribution in [0.4, 0.5) is 15.1 Å². The summed E-state index contributed by atoms with van der Waals surface area (Å²) in [7, 11) is 0. The summed E-state index contributed by atoms with van der Waals surface area (Å²) in [6.45, 7) is 3.27. The SMILES string of the molecule is O=C1NC(=O)C(=Cc2ccnc(NCC3CCN(Cc4cccc(F)n4)CC3)n2)S1. The first kappa shape index (κ1) is 20.4. The molecule has 10 heteroatoms. The van der Waals surface area contributed by atoms with Gasteiger partial charge < -0.3 is 5.32 Å². The largest absolute Gasteiger partial charge is 0.354 e. The van der Waals surface area contributed by atoms with Gasteiger partial charge in [-0.3, -0.25) is 19.8 Å². The quantitative estimate of drug-likeness (QED) is 0.535. The second kappa shape index (κ2) is 9.31. The Balaban J connectivity index is 1.26. The number of halogens is 1. The van der Waals surface area contributed by atoms with Crippen molar-refractivity contribution in [1.29, 1.82) is 0 Å². The van der Waals surface area contributed by atoms with E-state index in [1.54, 1.807) is 24.4 Å². The molecule has 156 valence electrons. The third-order valence-corrected chi connectivity index (χ3v) is 5.82. The van der Waals surface area contributed by atoms with Crippen LogP contribution in [0.3, 0.4) is 0 Å². The van der Waals surface area contributed by atoms with Crippen molar-refractivity contribution in [3.63, 3.8) is 0 Å². The number of hydrogen-bond donors (Lipinski definition) is 2. The van der Waals surface area contributed by atoms with E-state index < -0.39 is 11.9 Å². The Bertz CT molecular complexity index is 977. The number of carbonyl (C=O) groups excluding carboxylic acids is 2. The van der Waals surface area contributed by atoms with Gasteiger partial charge in [-0.25, -0.2) is 15.0 Å². The Hall–Kier alpha value is -2.85. The summed E-state index contributed by atoms with van der Waals surface area (Å²) < 4.78 is 13.2. The minimum absolute atomic E-state index is 0.324. The topological polar surface area (TPSA) is 100 Å². The van der Waals surface area contributed by atoms with Crippen molar-refractivity contribution >= 4 is 34.9 Å². The number of piperidine rings is 1. The van der Waals surface area contributed by atoms with Crippen molar-refractivity contribution in [1.82, 2.24) is 25.2 Å². The number of pyridine rings is 1. The van der Waals surface area contributed by atoms with Gasteiger partial charge in [-0.2, -0.15) is 4.39 Å². The maximum atomic E-state index is 13.2. The number of hydrogen-bond acceptors (Lipinski definition) is 8. The van der Waals surface area contributed by atoms with Crippen LogP contribution in [0.1, 0.15) is 24.2 Å². The lowest BCUT2D eigenvalue weighted by molar-refractivity contribution is -0.115.